The molecule has 0 aliphatic rings. The lowest BCUT2D eigenvalue weighted by atomic mass is 10.2. The third-order valence-corrected chi connectivity index (χ3v) is 5.55. The summed E-state index contributed by atoms with van der Waals surface area (Å²) in [6.07, 6.45) is 1.65. The van der Waals surface area contributed by atoms with Crippen molar-refractivity contribution in [1.29, 1.82) is 0 Å². The molecule has 2 heterocycles. The van der Waals surface area contributed by atoms with E-state index in [1.54, 1.807) is 24.1 Å². The molecule has 0 aliphatic heterocycles. The van der Waals surface area contributed by atoms with Gasteiger partial charge in [-0.15, -0.1) is 16.8 Å². The number of benzene rings is 2. The van der Waals surface area contributed by atoms with Crippen molar-refractivity contribution in [3.05, 3.63) is 77.6 Å². The average molecular weight is 405 g/mol. The van der Waals surface area contributed by atoms with Crippen molar-refractivity contribution >= 4 is 40.0 Å². The minimum absolute atomic E-state index is 0.0540. The second-order valence-corrected chi connectivity index (χ2v) is 7.36. The molecule has 0 aliphatic carbocycles. The van der Waals surface area contributed by atoms with E-state index in [4.69, 9.17) is 0 Å². The van der Waals surface area contributed by atoms with Crippen LogP contribution in [-0.2, 0) is 11.3 Å². The summed E-state index contributed by atoms with van der Waals surface area (Å²) in [5, 5.41) is 9.58. The standard InChI is InChI=1S/C21H19N5O2S/c1-3-13-25-19(28)16-11-7-8-12-17(16)26-20(25)22-23-21(26)29-14-18(27)24(2)15-9-5-4-6-10-15/h3-12H,1,13-14H2,2H3. The highest BCUT2D eigenvalue weighted by Gasteiger charge is 2.18. The summed E-state index contributed by atoms with van der Waals surface area (Å²) in [6.45, 7) is 4.05. The van der Waals surface area contributed by atoms with Crippen molar-refractivity contribution < 1.29 is 4.79 Å². The molecule has 0 atom stereocenters. The van der Waals surface area contributed by atoms with Crippen LogP contribution in [0, 0.1) is 0 Å². The monoisotopic (exact) mass is 405 g/mol. The number of allylic oxidation sites excluding steroid dienone is 1. The normalized spacial score (nSPS) is 11.1. The Hall–Kier alpha value is -3.39. The molecule has 0 bridgehead atoms. The van der Waals surface area contributed by atoms with E-state index in [1.165, 1.54) is 16.3 Å². The molecule has 0 saturated heterocycles. The van der Waals surface area contributed by atoms with Gasteiger partial charge in [0.2, 0.25) is 11.7 Å². The maximum atomic E-state index is 12.8. The number of carbonyl (C=O) groups excluding carboxylic acids is 1. The van der Waals surface area contributed by atoms with Crippen LogP contribution in [0.5, 0.6) is 0 Å². The Morgan fingerprint density at radius 3 is 2.62 bits per heavy atom. The first-order chi connectivity index (χ1) is 14.1. The minimum Gasteiger partial charge on any atom is -0.315 e. The molecule has 0 spiro atoms. The number of anilines is 1. The van der Waals surface area contributed by atoms with E-state index in [1.807, 2.05) is 52.9 Å². The number of carbonyl (C=O) groups is 1. The van der Waals surface area contributed by atoms with Gasteiger partial charge in [-0.3, -0.25) is 18.6 Å². The van der Waals surface area contributed by atoms with Crippen LogP contribution in [0.3, 0.4) is 0 Å². The van der Waals surface area contributed by atoms with Crippen LogP contribution in [0.2, 0.25) is 0 Å². The molecular formula is C21H19N5O2S. The summed E-state index contributed by atoms with van der Waals surface area (Å²) >= 11 is 1.29. The lowest BCUT2D eigenvalue weighted by molar-refractivity contribution is -0.115. The van der Waals surface area contributed by atoms with Crippen molar-refractivity contribution in [2.45, 2.75) is 11.7 Å². The van der Waals surface area contributed by atoms with Crippen LogP contribution in [0.25, 0.3) is 16.7 Å². The Morgan fingerprint density at radius 1 is 1.14 bits per heavy atom. The molecule has 0 N–H and O–H groups in total. The molecule has 0 saturated carbocycles. The fourth-order valence-corrected chi connectivity index (χ4v) is 3.99. The number of fused-ring (bicyclic) bond motifs is 3. The van der Waals surface area contributed by atoms with Gasteiger partial charge in [0.25, 0.3) is 5.56 Å². The smallest absolute Gasteiger partial charge is 0.263 e. The van der Waals surface area contributed by atoms with Crippen molar-refractivity contribution in [3.8, 4) is 0 Å². The van der Waals surface area contributed by atoms with Gasteiger partial charge in [0.05, 0.1) is 16.7 Å². The largest absolute Gasteiger partial charge is 0.315 e. The van der Waals surface area contributed by atoms with Gasteiger partial charge >= 0.3 is 0 Å². The van der Waals surface area contributed by atoms with Gasteiger partial charge < -0.3 is 4.90 Å². The van der Waals surface area contributed by atoms with Crippen LogP contribution in [-0.4, -0.2) is 37.9 Å². The van der Waals surface area contributed by atoms with E-state index in [9.17, 15) is 9.59 Å². The summed E-state index contributed by atoms with van der Waals surface area (Å²) < 4.78 is 3.35. The van der Waals surface area contributed by atoms with Gasteiger partial charge in [0.15, 0.2) is 5.16 Å². The maximum absolute atomic E-state index is 12.8. The van der Waals surface area contributed by atoms with E-state index < -0.39 is 0 Å². The molecular weight excluding hydrogens is 386 g/mol. The molecule has 2 aromatic carbocycles. The summed E-state index contributed by atoms with van der Waals surface area (Å²) in [5.41, 5.74) is 1.40. The maximum Gasteiger partial charge on any atom is 0.263 e. The molecule has 4 rings (SSSR count). The third-order valence-electron chi connectivity index (χ3n) is 4.63. The van der Waals surface area contributed by atoms with Gasteiger partial charge in [-0.1, -0.05) is 48.2 Å². The minimum atomic E-state index is -0.142. The lowest BCUT2D eigenvalue weighted by Crippen LogP contribution is -2.28. The van der Waals surface area contributed by atoms with E-state index in [2.05, 4.69) is 16.8 Å². The zero-order valence-corrected chi connectivity index (χ0v) is 16.7. The van der Waals surface area contributed by atoms with Gasteiger partial charge in [-0.25, -0.2) is 0 Å². The fraction of sp³-hybridized carbons (Fsp3) is 0.143. The Balaban J connectivity index is 1.71. The number of para-hydroxylation sites is 2. The molecule has 0 radical (unpaired) electrons. The van der Waals surface area contributed by atoms with Crippen molar-refractivity contribution in [1.82, 2.24) is 19.2 Å². The van der Waals surface area contributed by atoms with E-state index in [0.717, 1.165) is 5.69 Å². The Labute approximate surface area is 171 Å². The molecule has 1 amide bonds. The number of amides is 1. The molecule has 4 aromatic rings. The molecule has 0 unspecified atom stereocenters. The van der Waals surface area contributed by atoms with Crippen molar-refractivity contribution in [3.63, 3.8) is 0 Å². The van der Waals surface area contributed by atoms with Crippen LogP contribution in [0.15, 0.2) is 77.2 Å². The van der Waals surface area contributed by atoms with Crippen LogP contribution < -0.4 is 10.5 Å². The zero-order valence-electron chi connectivity index (χ0n) is 15.9. The van der Waals surface area contributed by atoms with Crippen LogP contribution in [0.4, 0.5) is 5.69 Å². The van der Waals surface area contributed by atoms with E-state index in [-0.39, 0.29) is 17.2 Å². The van der Waals surface area contributed by atoms with E-state index >= 15 is 0 Å². The summed E-state index contributed by atoms with van der Waals surface area (Å²) in [5.74, 6) is 0.572. The highest BCUT2D eigenvalue weighted by molar-refractivity contribution is 7.99. The van der Waals surface area contributed by atoms with Crippen LogP contribution >= 0.6 is 11.8 Å². The number of hydrogen-bond donors (Lipinski definition) is 0. The van der Waals surface area contributed by atoms with Gasteiger partial charge in [0.1, 0.15) is 0 Å². The number of aromatic nitrogens is 4. The number of thioether (sulfide) groups is 1. The summed E-state index contributed by atoms with van der Waals surface area (Å²) in [4.78, 5) is 27.1. The Kier molecular flexibility index (Phi) is 5.18. The molecule has 0 fully saturated rings. The fourth-order valence-electron chi connectivity index (χ4n) is 3.14. The van der Waals surface area contributed by atoms with Gasteiger partial charge in [-0.05, 0) is 24.3 Å². The predicted octanol–water partition coefficient (Wildman–Crippen LogP) is 2.99. The second-order valence-electron chi connectivity index (χ2n) is 6.42. The van der Waals surface area contributed by atoms with Gasteiger partial charge in [0, 0.05) is 19.3 Å². The first kappa shape index (κ1) is 18.9. The molecule has 146 valence electrons. The Morgan fingerprint density at radius 2 is 1.86 bits per heavy atom. The summed E-state index contributed by atoms with van der Waals surface area (Å²) in [6, 6.07) is 16.8. The van der Waals surface area contributed by atoms with E-state index in [0.29, 0.717) is 28.4 Å². The lowest BCUT2D eigenvalue weighted by Gasteiger charge is -2.16. The predicted molar refractivity (Wildman–Crippen MR) is 116 cm³/mol. The molecule has 29 heavy (non-hydrogen) atoms. The first-order valence-electron chi connectivity index (χ1n) is 9.04. The number of rotatable bonds is 6. The zero-order chi connectivity index (χ0) is 20.4. The summed E-state index contributed by atoms with van der Waals surface area (Å²) in [7, 11) is 1.75. The topological polar surface area (TPSA) is 72.5 Å². The number of nitrogens with zero attached hydrogens (tertiary/aromatic N) is 5. The number of hydrogen-bond acceptors (Lipinski definition) is 5. The molecule has 2 aromatic heterocycles. The third kappa shape index (κ3) is 3.42. The van der Waals surface area contributed by atoms with Crippen LogP contribution in [0.1, 0.15) is 0 Å². The van der Waals surface area contributed by atoms with Crippen molar-refractivity contribution in [2.24, 2.45) is 0 Å². The highest BCUT2D eigenvalue weighted by Crippen LogP contribution is 2.22. The highest BCUT2D eigenvalue weighted by atomic mass is 32.2. The SMILES string of the molecule is C=CCn1c(=O)c2ccccc2n2c(SCC(=O)N(C)c3ccccc3)nnc12. The van der Waals surface area contributed by atoms with Gasteiger partial charge in [-0.2, -0.15) is 0 Å². The second kappa shape index (κ2) is 7.92. The Bertz CT molecular complexity index is 1260. The molecule has 7 nitrogen and oxygen atoms in total. The van der Waals surface area contributed by atoms with Crippen molar-refractivity contribution in [2.75, 3.05) is 17.7 Å². The quantitative estimate of drug-likeness (QED) is 0.364. The first-order valence-corrected chi connectivity index (χ1v) is 10.0. The molecule has 8 heteroatoms. The average Bonchev–Trinajstić information content (AvgIpc) is 3.19.